The molecule has 0 saturated carbocycles. The lowest BCUT2D eigenvalue weighted by Gasteiger charge is -2.09. The van der Waals surface area contributed by atoms with Crippen molar-refractivity contribution in [3.05, 3.63) is 63.9 Å². The highest BCUT2D eigenvalue weighted by atomic mass is 35.5. The standard InChI is InChI=1S/C15H10Cl2FNO2/c1-8-2-3-9(18)6-12(8)15(21)19-10-4-5-11(14(17)20)13(16)7-10/h2-7H,1H3,(H,19,21). The van der Waals surface area contributed by atoms with Gasteiger partial charge in [0.05, 0.1) is 10.6 Å². The average Bonchev–Trinajstić information content (AvgIpc) is 2.41. The number of rotatable bonds is 3. The molecular weight excluding hydrogens is 316 g/mol. The third-order valence-corrected chi connectivity index (χ3v) is 3.40. The van der Waals surface area contributed by atoms with Gasteiger partial charge in [-0.2, -0.15) is 0 Å². The number of carbonyl (C=O) groups excluding carboxylic acids is 2. The molecule has 3 nitrogen and oxygen atoms in total. The van der Waals surface area contributed by atoms with Gasteiger partial charge in [-0.3, -0.25) is 9.59 Å². The van der Waals surface area contributed by atoms with E-state index in [9.17, 15) is 14.0 Å². The van der Waals surface area contributed by atoms with E-state index in [1.54, 1.807) is 6.92 Å². The van der Waals surface area contributed by atoms with Crippen molar-refractivity contribution >= 4 is 40.0 Å². The molecule has 0 fully saturated rings. The van der Waals surface area contributed by atoms with Crippen LogP contribution in [-0.2, 0) is 0 Å². The van der Waals surface area contributed by atoms with E-state index < -0.39 is 17.0 Å². The molecule has 0 heterocycles. The summed E-state index contributed by atoms with van der Waals surface area (Å²) in [7, 11) is 0. The topological polar surface area (TPSA) is 46.2 Å². The third kappa shape index (κ3) is 3.60. The van der Waals surface area contributed by atoms with Gasteiger partial charge in [-0.1, -0.05) is 17.7 Å². The Kier molecular flexibility index (Phi) is 4.60. The molecule has 2 aromatic rings. The Morgan fingerprint density at radius 1 is 1.10 bits per heavy atom. The lowest BCUT2D eigenvalue weighted by molar-refractivity contribution is 0.102. The van der Waals surface area contributed by atoms with Crippen LogP contribution in [0, 0.1) is 12.7 Å². The summed E-state index contributed by atoms with van der Waals surface area (Å²) in [5.74, 6) is -0.958. The van der Waals surface area contributed by atoms with Crippen LogP contribution in [0.3, 0.4) is 0 Å². The van der Waals surface area contributed by atoms with Crippen LogP contribution in [0.5, 0.6) is 0 Å². The van der Waals surface area contributed by atoms with E-state index in [1.165, 1.54) is 30.3 Å². The average molecular weight is 326 g/mol. The molecule has 0 bridgehead atoms. The quantitative estimate of drug-likeness (QED) is 0.849. The molecule has 0 radical (unpaired) electrons. The van der Waals surface area contributed by atoms with Gasteiger partial charge in [0, 0.05) is 11.3 Å². The van der Waals surface area contributed by atoms with E-state index in [1.807, 2.05) is 0 Å². The fraction of sp³-hybridized carbons (Fsp3) is 0.0667. The van der Waals surface area contributed by atoms with Gasteiger partial charge in [0.15, 0.2) is 0 Å². The zero-order valence-electron chi connectivity index (χ0n) is 10.9. The van der Waals surface area contributed by atoms with Crippen LogP contribution in [0.1, 0.15) is 26.3 Å². The molecule has 6 heteroatoms. The van der Waals surface area contributed by atoms with Gasteiger partial charge >= 0.3 is 0 Å². The normalized spacial score (nSPS) is 10.3. The maximum atomic E-state index is 13.2. The predicted octanol–water partition coefficient (Wildman–Crippen LogP) is 4.42. The number of amides is 1. The van der Waals surface area contributed by atoms with Crippen molar-refractivity contribution in [1.82, 2.24) is 0 Å². The summed E-state index contributed by atoms with van der Waals surface area (Å²) < 4.78 is 13.2. The fourth-order valence-corrected chi connectivity index (χ4v) is 2.27. The van der Waals surface area contributed by atoms with Crippen LogP contribution in [0.15, 0.2) is 36.4 Å². The maximum absolute atomic E-state index is 13.2. The highest BCUT2D eigenvalue weighted by Gasteiger charge is 2.13. The predicted molar refractivity (Wildman–Crippen MR) is 80.7 cm³/mol. The summed E-state index contributed by atoms with van der Waals surface area (Å²) in [5, 5.41) is 2.04. The Morgan fingerprint density at radius 2 is 1.81 bits per heavy atom. The Bertz CT molecular complexity index is 732. The molecular formula is C15H10Cl2FNO2. The summed E-state index contributed by atoms with van der Waals surface area (Å²) >= 11 is 11.2. The second-order valence-electron chi connectivity index (χ2n) is 4.38. The van der Waals surface area contributed by atoms with E-state index in [0.717, 1.165) is 6.07 Å². The van der Waals surface area contributed by atoms with Crippen molar-refractivity contribution in [1.29, 1.82) is 0 Å². The van der Waals surface area contributed by atoms with Crippen LogP contribution >= 0.6 is 23.2 Å². The van der Waals surface area contributed by atoms with E-state index in [4.69, 9.17) is 23.2 Å². The zero-order valence-corrected chi connectivity index (χ0v) is 12.4. The number of hydrogen-bond donors (Lipinski definition) is 1. The van der Waals surface area contributed by atoms with Crippen molar-refractivity contribution < 1.29 is 14.0 Å². The molecule has 0 unspecified atom stereocenters. The monoisotopic (exact) mass is 325 g/mol. The van der Waals surface area contributed by atoms with Gasteiger partial charge in [-0.05, 0) is 54.4 Å². The molecule has 0 atom stereocenters. The summed E-state index contributed by atoms with van der Waals surface area (Å²) in [5.41, 5.74) is 1.41. The smallest absolute Gasteiger partial charge is 0.256 e. The Balaban J connectivity index is 2.26. The van der Waals surface area contributed by atoms with E-state index in [0.29, 0.717) is 11.3 Å². The summed E-state index contributed by atoms with van der Waals surface area (Å²) in [6.45, 7) is 1.70. The van der Waals surface area contributed by atoms with Crippen LogP contribution in [0.4, 0.5) is 10.1 Å². The van der Waals surface area contributed by atoms with Gasteiger partial charge in [-0.25, -0.2) is 4.39 Å². The van der Waals surface area contributed by atoms with Crippen LogP contribution in [-0.4, -0.2) is 11.1 Å². The molecule has 108 valence electrons. The molecule has 0 spiro atoms. The molecule has 2 aromatic carbocycles. The Labute approximate surface area is 130 Å². The first kappa shape index (κ1) is 15.5. The third-order valence-electron chi connectivity index (χ3n) is 2.88. The Morgan fingerprint density at radius 3 is 2.43 bits per heavy atom. The van der Waals surface area contributed by atoms with Gasteiger partial charge in [-0.15, -0.1) is 0 Å². The summed E-state index contributed by atoms with van der Waals surface area (Å²) in [6, 6.07) is 8.27. The molecule has 21 heavy (non-hydrogen) atoms. The van der Waals surface area contributed by atoms with Crippen molar-refractivity contribution in [3.8, 4) is 0 Å². The largest absolute Gasteiger partial charge is 0.322 e. The lowest BCUT2D eigenvalue weighted by atomic mass is 10.1. The van der Waals surface area contributed by atoms with Crippen molar-refractivity contribution in [3.63, 3.8) is 0 Å². The second kappa shape index (κ2) is 6.24. The number of nitrogens with one attached hydrogen (secondary N) is 1. The first-order valence-corrected chi connectivity index (χ1v) is 6.71. The van der Waals surface area contributed by atoms with E-state index in [2.05, 4.69) is 5.32 Å². The highest BCUT2D eigenvalue weighted by molar-refractivity contribution is 6.68. The molecule has 0 aliphatic rings. The molecule has 0 aliphatic carbocycles. The first-order chi connectivity index (χ1) is 9.88. The summed E-state index contributed by atoms with van der Waals surface area (Å²) in [4.78, 5) is 23.2. The van der Waals surface area contributed by atoms with Gasteiger partial charge in [0.25, 0.3) is 11.1 Å². The highest BCUT2D eigenvalue weighted by Crippen LogP contribution is 2.23. The molecule has 1 N–H and O–H groups in total. The molecule has 0 aliphatic heterocycles. The molecule has 1 amide bonds. The summed E-state index contributed by atoms with van der Waals surface area (Å²) in [6.07, 6.45) is 0. The van der Waals surface area contributed by atoms with Gasteiger partial charge in [0.2, 0.25) is 0 Å². The van der Waals surface area contributed by atoms with Crippen LogP contribution in [0.2, 0.25) is 5.02 Å². The molecule has 2 rings (SSSR count). The maximum Gasteiger partial charge on any atom is 0.256 e. The molecule has 0 aromatic heterocycles. The van der Waals surface area contributed by atoms with Crippen LogP contribution < -0.4 is 5.32 Å². The van der Waals surface area contributed by atoms with Crippen LogP contribution in [0.25, 0.3) is 0 Å². The van der Waals surface area contributed by atoms with E-state index in [-0.39, 0.29) is 16.1 Å². The number of carbonyl (C=O) groups is 2. The minimum absolute atomic E-state index is 0.128. The number of aryl methyl sites for hydroxylation is 1. The fourth-order valence-electron chi connectivity index (χ4n) is 1.79. The van der Waals surface area contributed by atoms with Crippen molar-refractivity contribution in [2.24, 2.45) is 0 Å². The van der Waals surface area contributed by atoms with Crippen molar-refractivity contribution in [2.75, 3.05) is 5.32 Å². The zero-order chi connectivity index (χ0) is 15.6. The number of anilines is 1. The number of halogens is 3. The van der Waals surface area contributed by atoms with Crippen molar-refractivity contribution in [2.45, 2.75) is 6.92 Å². The van der Waals surface area contributed by atoms with E-state index >= 15 is 0 Å². The van der Waals surface area contributed by atoms with Gasteiger partial charge in [0.1, 0.15) is 5.82 Å². The number of benzene rings is 2. The molecule has 0 saturated heterocycles. The minimum atomic E-state index is -0.682. The van der Waals surface area contributed by atoms with Gasteiger partial charge < -0.3 is 5.32 Å². The second-order valence-corrected chi connectivity index (χ2v) is 5.13. The minimum Gasteiger partial charge on any atom is -0.322 e. The SMILES string of the molecule is Cc1ccc(F)cc1C(=O)Nc1ccc(C(=O)Cl)c(Cl)c1. The first-order valence-electron chi connectivity index (χ1n) is 5.95. The lowest BCUT2D eigenvalue weighted by Crippen LogP contribution is -2.13. The number of hydrogen-bond acceptors (Lipinski definition) is 2. The Hall–Kier alpha value is -1.91.